The summed E-state index contributed by atoms with van der Waals surface area (Å²) in [6.45, 7) is -0.978. The third kappa shape index (κ3) is 4.31. The lowest BCUT2D eigenvalue weighted by molar-refractivity contribution is -0.174. The number of carboxylic acid groups (broad SMARTS) is 1. The number of rotatable bonds is 3. The second-order valence-corrected chi connectivity index (χ2v) is 2.06. The lowest BCUT2D eigenvalue weighted by Crippen LogP contribution is -2.42. The molecule has 0 radical (unpaired) electrons. The van der Waals surface area contributed by atoms with Gasteiger partial charge in [-0.1, -0.05) is 0 Å². The molecule has 5 nitrogen and oxygen atoms in total. The molecule has 0 bridgehead atoms. The predicted octanol–water partition coefficient (Wildman–Crippen LogP) is -0.890. The van der Waals surface area contributed by atoms with E-state index in [1.54, 1.807) is 0 Å². The minimum atomic E-state index is -5.07. The number of aliphatic hydroxyl groups excluding tert-OH is 1. The van der Waals surface area contributed by atoms with E-state index in [1.807, 2.05) is 0 Å². The second kappa shape index (κ2) is 4.08. The van der Waals surface area contributed by atoms with Gasteiger partial charge in [-0.2, -0.15) is 13.2 Å². The van der Waals surface area contributed by atoms with Crippen LogP contribution in [-0.4, -0.2) is 40.9 Å². The first-order chi connectivity index (χ1) is 5.75. The summed E-state index contributed by atoms with van der Waals surface area (Å²) < 4.78 is 34.4. The SMILES string of the molecule is O=C(O)[C@H](O)CNC(=O)C(F)(F)F. The van der Waals surface area contributed by atoms with Gasteiger partial charge in [0, 0.05) is 0 Å². The number of halogens is 3. The first-order valence-corrected chi connectivity index (χ1v) is 3.01. The molecule has 0 aromatic carbocycles. The molecule has 0 spiro atoms. The summed E-state index contributed by atoms with van der Waals surface area (Å²) in [4.78, 5) is 19.9. The van der Waals surface area contributed by atoms with Crippen molar-refractivity contribution in [1.82, 2.24) is 5.32 Å². The fourth-order valence-corrected chi connectivity index (χ4v) is 0.377. The molecule has 1 amide bonds. The molecule has 0 fully saturated rings. The van der Waals surface area contributed by atoms with E-state index in [-0.39, 0.29) is 0 Å². The fourth-order valence-electron chi connectivity index (χ4n) is 0.377. The zero-order valence-corrected chi connectivity index (χ0v) is 6.13. The van der Waals surface area contributed by atoms with Crippen molar-refractivity contribution in [2.75, 3.05) is 6.54 Å². The molecule has 0 aromatic rings. The van der Waals surface area contributed by atoms with Crippen molar-refractivity contribution in [3.63, 3.8) is 0 Å². The van der Waals surface area contributed by atoms with Gasteiger partial charge in [-0.25, -0.2) is 4.79 Å². The highest BCUT2D eigenvalue weighted by Crippen LogP contribution is 2.13. The van der Waals surface area contributed by atoms with Crippen LogP contribution in [0.1, 0.15) is 0 Å². The lowest BCUT2D eigenvalue weighted by Gasteiger charge is -2.09. The first kappa shape index (κ1) is 11.7. The van der Waals surface area contributed by atoms with Gasteiger partial charge in [0.1, 0.15) is 0 Å². The zero-order valence-electron chi connectivity index (χ0n) is 6.13. The van der Waals surface area contributed by atoms with E-state index in [2.05, 4.69) is 0 Å². The smallest absolute Gasteiger partial charge is 0.471 e. The average Bonchev–Trinajstić information content (AvgIpc) is 1.97. The fraction of sp³-hybridized carbons (Fsp3) is 0.600. The van der Waals surface area contributed by atoms with Crippen molar-refractivity contribution in [3.05, 3.63) is 0 Å². The topological polar surface area (TPSA) is 86.6 Å². The van der Waals surface area contributed by atoms with Crippen LogP contribution in [0.5, 0.6) is 0 Å². The predicted molar refractivity (Wildman–Crippen MR) is 32.7 cm³/mol. The molecule has 3 N–H and O–H groups in total. The summed E-state index contributed by atoms with van der Waals surface area (Å²) in [6, 6.07) is 0. The van der Waals surface area contributed by atoms with Gasteiger partial charge in [0.2, 0.25) is 0 Å². The van der Waals surface area contributed by atoms with Gasteiger partial charge in [0.05, 0.1) is 6.54 Å². The van der Waals surface area contributed by atoms with Crippen molar-refractivity contribution >= 4 is 11.9 Å². The van der Waals surface area contributed by atoms with Gasteiger partial charge < -0.3 is 15.5 Å². The van der Waals surface area contributed by atoms with Crippen LogP contribution in [-0.2, 0) is 9.59 Å². The number of carbonyl (C=O) groups excluding carboxylic acids is 1. The van der Waals surface area contributed by atoms with E-state index >= 15 is 0 Å². The maximum atomic E-state index is 11.5. The Morgan fingerprint density at radius 1 is 1.38 bits per heavy atom. The summed E-state index contributed by atoms with van der Waals surface area (Å²) >= 11 is 0. The quantitative estimate of drug-likeness (QED) is 0.552. The zero-order chi connectivity index (χ0) is 10.6. The highest BCUT2D eigenvalue weighted by Gasteiger charge is 2.38. The lowest BCUT2D eigenvalue weighted by atomic mass is 10.3. The second-order valence-electron chi connectivity index (χ2n) is 2.06. The molecule has 0 aliphatic heterocycles. The number of amides is 1. The summed E-state index contributed by atoms with van der Waals surface area (Å²) in [5, 5.41) is 17.7. The monoisotopic (exact) mass is 201 g/mol. The Labute approximate surface area is 70.2 Å². The number of aliphatic hydroxyl groups is 1. The van der Waals surface area contributed by atoms with E-state index in [1.165, 1.54) is 5.32 Å². The van der Waals surface area contributed by atoms with Crippen LogP contribution in [0.25, 0.3) is 0 Å². The maximum Gasteiger partial charge on any atom is 0.471 e. The molecular formula is C5H6F3NO4. The number of hydrogen-bond acceptors (Lipinski definition) is 3. The van der Waals surface area contributed by atoms with Crippen LogP contribution in [0.4, 0.5) is 13.2 Å². The van der Waals surface area contributed by atoms with E-state index in [9.17, 15) is 22.8 Å². The van der Waals surface area contributed by atoms with Crippen LogP contribution >= 0.6 is 0 Å². The number of alkyl halides is 3. The van der Waals surface area contributed by atoms with Gasteiger partial charge in [0.15, 0.2) is 6.10 Å². The van der Waals surface area contributed by atoms with Crippen molar-refractivity contribution in [2.24, 2.45) is 0 Å². The molecule has 0 aromatic heterocycles. The number of carboxylic acids is 1. The number of aliphatic carboxylic acids is 1. The standard InChI is InChI=1S/C5H6F3NO4/c6-5(7,8)4(13)9-1-2(10)3(11)12/h2,10H,1H2,(H,9,13)(H,11,12)/t2-/m1/s1. The molecule has 8 heteroatoms. The Bertz CT molecular complexity index is 214. The number of hydrogen-bond donors (Lipinski definition) is 3. The Kier molecular flexibility index (Phi) is 3.67. The van der Waals surface area contributed by atoms with Gasteiger partial charge in [-0.05, 0) is 0 Å². The minimum absolute atomic E-state index is 0.978. The molecule has 0 unspecified atom stereocenters. The van der Waals surface area contributed by atoms with E-state index < -0.39 is 30.7 Å². The first-order valence-electron chi connectivity index (χ1n) is 3.01. The summed E-state index contributed by atoms with van der Waals surface area (Å²) in [6.07, 6.45) is -7.11. The normalized spacial score (nSPS) is 13.5. The van der Waals surface area contributed by atoms with Crippen LogP contribution in [0.2, 0.25) is 0 Å². The van der Waals surface area contributed by atoms with E-state index in [0.29, 0.717) is 0 Å². The van der Waals surface area contributed by atoms with Gasteiger partial charge >= 0.3 is 18.1 Å². The average molecular weight is 201 g/mol. The third-order valence-electron chi connectivity index (χ3n) is 0.998. The number of nitrogens with one attached hydrogen (secondary N) is 1. The highest BCUT2D eigenvalue weighted by molar-refractivity contribution is 5.82. The highest BCUT2D eigenvalue weighted by atomic mass is 19.4. The Morgan fingerprint density at radius 2 is 1.85 bits per heavy atom. The Hall–Kier alpha value is -1.31. The van der Waals surface area contributed by atoms with Crippen molar-refractivity contribution in [2.45, 2.75) is 12.3 Å². The summed E-state index contributed by atoms with van der Waals surface area (Å²) in [5.74, 6) is -3.99. The molecule has 0 rings (SSSR count). The minimum Gasteiger partial charge on any atom is -0.479 e. The van der Waals surface area contributed by atoms with Crippen LogP contribution in [0.15, 0.2) is 0 Å². The van der Waals surface area contributed by atoms with Crippen molar-refractivity contribution < 1.29 is 33.0 Å². The Morgan fingerprint density at radius 3 is 2.15 bits per heavy atom. The molecule has 1 atom stereocenters. The molecule has 13 heavy (non-hydrogen) atoms. The van der Waals surface area contributed by atoms with Gasteiger partial charge in [0.25, 0.3) is 0 Å². The molecule has 76 valence electrons. The molecular weight excluding hydrogens is 195 g/mol. The summed E-state index contributed by atoms with van der Waals surface area (Å²) in [7, 11) is 0. The Balaban J connectivity index is 3.91. The molecule has 0 aliphatic carbocycles. The number of carbonyl (C=O) groups is 2. The van der Waals surface area contributed by atoms with E-state index in [4.69, 9.17) is 10.2 Å². The van der Waals surface area contributed by atoms with Crippen LogP contribution in [0.3, 0.4) is 0 Å². The van der Waals surface area contributed by atoms with Crippen LogP contribution < -0.4 is 5.32 Å². The molecule has 0 heterocycles. The molecule has 0 aliphatic rings. The largest absolute Gasteiger partial charge is 0.479 e. The van der Waals surface area contributed by atoms with E-state index in [0.717, 1.165) is 0 Å². The van der Waals surface area contributed by atoms with Gasteiger partial charge in [-0.3, -0.25) is 4.79 Å². The van der Waals surface area contributed by atoms with Crippen molar-refractivity contribution in [1.29, 1.82) is 0 Å². The molecule has 0 saturated heterocycles. The maximum absolute atomic E-state index is 11.5. The van der Waals surface area contributed by atoms with Gasteiger partial charge in [-0.15, -0.1) is 0 Å². The molecule has 0 saturated carbocycles. The third-order valence-corrected chi connectivity index (χ3v) is 0.998. The van der Waals surface area contributed by atoms with Crippen LogP contribution in [0, 0.1) is 0 Å². The summed E-state index contributed by atoms with van der Waals surface area (Å²) in [5.41, 5.74) is 0. The van der Waals surface area contributed by atoms with Crippen molar-refractivity contribution in [3.8, 4) is 0 Å².